The molecule has 4 heterocycles. The molecule has 2 aromatic heterocycles. The molecule has 0 aliphatic carbocycles. The predicted molar refractivity (Wildman–Crippen MR) is 77.8 cm³/mol. The quantitative estimate of drug-likeness (QED) is 0.803. The van der Waals surface area contributed by atoms with Gasteiger partial charge in [-0.15, -0.1) is 0 Å². The molecule has 4 rings (SSSR count). The van der Waals surface area contributed by atoms with E-state index in [-0.39, 0.29) is 11.5 Å². The van der Waals surface area contributed by atoms with Crippen LogP contribution in [0, 0.1) is 0 Å². The number of pyridine rings is 1. The topological polar surface area (TPSA) is 83.0 Å². The molecule has 0 saturated heterocycles. The van der Waals surface area contributed by atoms with Gasteiger partial charge in [-0.05, 0) is 12.8 Å². The van der Waals surface area contributed by atoms with Crippen molar-refractivity contribution in [2.24, 2.45) is 0 Å². The first-order valence-corrected chi connectivity index (χ1v) is 7.08. The Balaban J connectivity index is 1.79. The van der Waals surface area contributed by atoms with Gasteiger partial charge in [-0.3, -0.25) is 14.5 Å². The van der Waals surface area contributed by atoms with Gasteiger partial charge in [-0.1, -0.05) is 0 Å². The van der Waals surface area contributed by atoms with Gasteiger partial charge in [-0.2, -0.15) is 5.10 Å². The summed E-state index contributed by atoms with van der Waals surface area (Å²) in [5.41, 5.74) is 1.15. The Morgan fingerprint density at radius 3 is 3.14 bits per heavy atom. The summed E-state index contributed by atoms with van der Waals surface area (Å²) in [6.45, 7) is 2.10. The van der Waals surface area contributed by atoms with E-state index < -0.39 is 0 Å². The number of carbonyl (C=O) groups is 1. The summed E-state index contributed by atoms with van der Waals surface area (Å²) in [5.74, 6) is 1.35. The molecule has 2 N–H and O–H groups in total. The summed E-state index contributed by atoms with van der Waals surface area (Å²) in [7, 11) is 0. The maximum absolute atomic E-state index is 12.8. The number of hydrogen-bond donors (Lipinski definition) is 2. The standard InChI is InChI=1S/C14H15N5O2/c20-11-8-10(9-2-1-4-15-13(9)17-11)14(21)18-6-7-19-12(18)3-5-16-19/h3,5,8H,1-2,4,6-7H2,(H2,15,17,20). The lowest BCUT2D eigenvalue weighted by Crippen LogP contribution is -2.32. The van der Waals surface area contributed by atoms with Gasteiger partial charge >= 0.3 is 0 Å². The Kier molecular flexibility index (Phi) is 2.60. The molecule has 2 aromatic rings. The molecule has 0 unspecified atom stereocenters. The van der Waals surface area contributed by atoms with Crippen molar-refractivity contribution in [3.8, 4) is 0 Å². The lowest BCUT2D eigenvalue weighted by Gasteiger charge is -2.22. The van der Waals surface area contributed by atoms with Gasteiger partial charge in [0.05, 0.1) is 18.3 Å². The zero-order chi connectivity index (χ0) is 14.4. The fraction of sp³-hybridized carbons (Fsp3) is 0.357. The number of carbonyl (C=O) groups excluding carboxylic acids is 1. The van der Waals surface area contributed by atoms with Crippen LogP contribution in [0.2, 0.25) is 0 Å². The highest BCUT2D eigenvalue weighted by Gasteiger charge is 2.29. The summed E-state index contributed by atoms with van der Waals surface area (Å²) in [4.78, 5) is 29.1. The van der Waals surface area contributed by atoms with Crippen LogP contribution >= 0.6 is 0 Å². The van der Waals surface area contributed by atoms with Gasteiger partial charge < -0.3 is 10.3 Å². The van der Waals surface area contributed by atoms with Crippen LogP contribution in [0.4, 0.5) is 11.6 Å². The first-order chi connectivity index (χ1) is 10.2. The molecule has 2 aliphatic heterocycles. The van der Waals surface area contributed by atoms with Crippen molar-refractivity contribution in [1.82, 2.24) is 14.8 Å². The van der Waals surface area contributed by atoms with Crippen LogP contribution in [0.25, 0.3) is 0 Å². The summed E-state index contributed by atoms with van der Waals surface area (Å²) in [5, 5.41) is 7.33. The van der Waals surface area contributed by atoms with E-state index >= 15 is 0 Å². The number of nitrogens with one attached hydrogen (secondary N) is 2. The maximum atomic E-state index is 12.8. The molecule has 0 spiro atoms. The Morgan fingerprint density at radius 1 is 1.33 bits per heavy atom. The summed E-state index contributed by atoms with van der Waals surface area (Å²) in [6, 6.07) is 3.23. The van der Waals surface area contributed by atoms with Gasteiger partial charge in [0, 0.05) is 30.8 Å². The third-order valence-corrected chi connectivity index (χ3v) is 4.04. The van der Waals surface area contributed by atoms with E-state index in [0.717, 1.165) is 30.8 Å². The van der Waals surface area contributed by atoms with Gasteiger partial charge in [0.2, 0.25) is 5.56 Å². The van der Waals surface area contributed by atoms with Gasteiger partial charge in [0.25, 0.3) is 5.91 Å². The molecule has 0 bridgehead atoms. The molecule has 21 heavy (non-hydrogen) atoms. The molecular formula is C14H15N5O2. The van der Waals surface area contributed by atoms with Crippen LogP contribution in [0.5, 0.6) is 0 Å². The molecule has 0 atom stereocenters. The van der Waals surface area contributed by atoms with Crippen LogP contribution in [0.3, 0.4) is 0 Å². The van der Waals surface area contributed by atoms with E-state index in [9.17, 15) is 9.59 Å². The minimum atomic E-state index is -0.251. The van der Waals surface area contributed by atoms with E-state index in [1.807, 2.05) is 6.07 Å². The van der Waals surface area contributed by atoms with Gasteiger partial charge in [0.15, 0.2) is 0 Å². The first kappa shape index (κ1) is 12.2. The van der Waals surface area contributed by atoms with Crippen molar-refractivity contribution in [3.63, 3.8) is 0 Å². The third-order valence-electron chi connectivity index (χ3n) is 4.04. The largest absolute Gasteiger partial charge is 0.371 e. The number of nitrogens with zero attached hydrogens (tertiary/aromatic N) is 3. The van der Waals surface area contributed by atoms with Crippen LogP contribution in [-0.2, 0) is 13.0 Å². The minimum Gasteiger partial charge on any atom is -0.371 e. The summed E-state index contributed by atoms with van der Waals surface area (Å²) < 4.78 is 1.80. The highest BCUT2D eigenvalue weighted by molar-refractivity contribution is 6.07. The molecule has 1 amide bonds. The fourth-order valence-electron chi connectivity index (χ4n) is 3.06. The molecule has 0 saturated carbocycles. The SMILES string of the molecule is O=C(c1cc(=O)[nH]c2c1CCCN2)N1CCn2nccc21. The average Bonchev–Trinajstić information content (AvgIpc) is 3.08. The average molecular weight is 285 g/mol. The second-order valence-corrected chi connectivity index (χ2v) is 5.30. The third kappa shape index (κ3) is 1.84. The Bertz CT molecular complexity index is 776. The number of H-pyrrole nitrogens is 1. The highest BCUT2D eigenvalue weighted by atomic mass is 16.2. The Labute approximate surface area is 120 Å². The number of rotatable bonds is 1. The minimum absolute atomic E-state index is 0.125. The summed E-state index contributed by atoms with van der Waals surface area (Å²) >= 11 is 0. The number of aromatic nitrogens is 3. The van der Waals surface area contributed by atoms with E-state index in [1.54, 1.807) is 15.8 Å². The van der Waals surface area contributed by atoms with Crippen LogP contribution in [-0.4, -0.2) is 33.8 Å². The van der Waals surface area contributed by atoms with E-state index in [4.69, 9.17) is 0 Å². The molecule has 7 nitrogen and oxygen atoms in total. The van der Waals surface area contributed by atoms with Crippen LogP contribution < -0.4 is 15.8 Å². The fourth-order valence-corrected chi connectivity index (χ4v) is 3.06. The van der Waals surface area contributed by atoms with Gasteiger partial charge in [0.1, 0.15) is 11.6 Å². The molecule has 0 aromatic carbocycles. The normalized spacial score (nSPS) is 16.3. The second-order valence-electron chi connectivity index (χ2n) is 5.30. The van der Waals surface area contributed by atoms with Crippen molar-refractivity contribution in [3.05, 3.63) is 39.8 Å². The van der Waals surface area contributed by atoms with Crippen molar-refractivity contribution in [2.45, 2.75) is 19.4 Å². The van der Waals surface area contributed by atoms with Crippen molar-refractivity contribution < 1.29 is 4.79 Å². The van der Waals surface area contributed by atoms with Crippen molar-refractivity contribution in [1.29, 1.82) is 0 Å². The number of fused-ring (bicyclic) bond motifs is 2. The van der Waals surface area contributed by atoms with Crippen molar-refractivity contribution in [2.75, 3.05) is 23.3 Å². The number of anilines is 2. The van der Waals surface area contributed by atoms with E-state index in [2.05, 4.69) is 15.4 Å². The molecule has 2 aliphatic rings. The molecule has 7 heteroatoms. The lowest BCUT2D eigenvalue weighted by atomic mass is 10.0. The smallest absolute Gasteiger partial charge is 0.260 e. The predicted octanol–water partition coefficient (Wildman–Crippen LogP) is 0.590. The van der Waals surface area contributed by atoms with Crippen molar-refractivity contribution >= 4 is 17.5 Å². The number of aromatic amines is 1. The highest BCUT2D eigenvalue weighted by Crippen LogP contribution is 2.26. The first-order valence-electron chi connectivity index (χ1n) is 7.08. The Morgan fingerprint density at radius 2 is 2.24 bits per heavy atom. The van der Waals surface area contributed by atoms with E-state index in [1.165, 1.54) is 6.07 Å². The monoisotopic (exact) mass is 285 g/mol. The molecule has 108 valence electrons. The lowest BCUT2D eigenvalue weighted by molar-refractivity contribution is 0.0988. The van der Waals surface area contributed by atoms with E-state index in [0.29, 0.717) is 24.5 Å². The number of amides is 1. The van der Waals surface area contributed by atoms with Crippen LogP contribution in [0.15, 0.2) is 23.1 Å². The zero-order valence-corrected chi connectivity index (χ0v) is 11.4. The van der Waals surface area contributed by atoms with Crippen LogP contribution in [0.1, 0.15) is 22.3 Å². The maximum Gasteiger partial charge on any atom is 0.260 e. The summed E-state index contributed by atoms with van der Waals surface area (Å²) in [6.07, 6.45) is 3.44. The van der Waals surface area contributed by atoms with Gasteiger partial charge in [-0.25, -0.2) is 4.68 Å². The molecular weight excluding hydrogens is 270 g/mol. The number of hydrogen-bond acceptors (Lipinski definition) is 4. The zero-order valence-electron chi connectivity index (χ0n) is 11.4. The second kappa shape index (κ2) is 4.47. The molecule has 0 radical (unpaired) electrons. The molecule has 0 fully saturated rings. The Hall–Kier alpha value is -2.57.